The molecule has 3 rings (SSSR count). The highest BCUT2D eigenvalue weighted by molar-refractivity contribution is 5.88. The summed E-state index contributed by atoms with van der Waals surface area (Å²) in [5, 5.41) is 9.07. The van der Waals surface area contributed by atoms with E-state index in [0.717, 1.165) is 17.1 Å². The summed E-state index contributed by atoms with van der Waals surface area (Å²) in [6.07, 6.45) is 3.44. The van der Waals surface area contributed by atoms with Crippen molar-refractivity contribution in [3.05, 3.63) is 66.6 Å². The number of hydrogen-bond acceptors (Lipinski definition) is 6. The van der Waals surface area contributed by atoms with Crippen molar-refractivity contribution in [2.45, 2.75) is 13.5 Å². The predicted molar refractivity (Wildman–Crippen MR) is 97.6 cm³/mol. The van der Waals surface area contributed by atoms with Crippen molar-refractivity contribution in [1.29, 1.82) is 0 Å². The lowest BCUT2D eigenvalue weighted by molar-refractivity contribution is -0.114. The van der Waals surface area contributed by atoms with E-state index in [0.29, 0.717) is 18.3 Å². The smallest absolute Gasteiger partial charge is 0.229 e. The molecule has 0 aliphatic carbocycles. The van der Waals surface area contributed by atoms with Crippen LogP contribution in [0.25, 0.3) is 0 Å². The van der Waals surface area contributed by atoms with Gasteiger partial charge in [0.15, 0.2) is 0 Å². The molecule has 0 aliphatic heterocycles. The zero-order valence-electron chi connectivity index (χ0n) is 13.7. The van der Waals surface area contributed by atoms with Crippen LogP contribution >= 0.6 is 0 Å². The molecule has 1 aromatic carbocycles. The first-order valence-corrected chi connectivity index (χ1v) is 7.80. The van der Waals surface area contributed by atoms with Crippen molar-refractivity contribution in [2.75, 3.05) is 16.0 Å². The lowest BCUT2D eigenvalue weighted by Gasteiger charge is -2.09. The van der Waals surface area contributed by atoms with Gasteiger partial charge in [0.05, 0.1) is 12.2 Å². The SMILES string of the molecule is CC(=O)Nc1ccc(Nc2nccc(NCc3ccccn3)n2)cc1. The third-order valence-electron chi connectivity index (χ3n) is 3.29. The van der Waals surface area contributed by atoms with Crippen molar-refractivity contribution >= 4 is 29.0 Å². The second kappa shape index (κ2) is 7.87. The molecule has 7 heteroatoms. The van der Waals surface area contributed by atoms with Crippen LogP contribution in [0.2, 0.25) is 0 Å². The number of anilines is 4. The van der Waals surface area contributed by atoms with Crippen LogP contribution in [0.3, 0.4) is 0 Å². The Morgan fingerprint density at radius 3 is 2.48 bits per heavy atom. The maximum atomic E-state index is 11.0. The van der Waals surface area contributed by atoms with E-state index in [2.05, 4.69) is 30.9 Å². The van der Waals surface area contributed by atoms with Crippen LogP contribution in [0.5, 0.6) is 0 Å². The number of rotatable bonds is 6. The van der Waals surface area contributed by atoms with Crippen LogP contribution < -0.4 is 16.0 Å². The van der Waals surface area contributed by atoms with Crippen molar-refractivity contribution in [1.82, 2.24) is 15.0 Å². The van der Waals surface area contributed by atoms with E-state index in [9.17, 15) is 4.79 Å². The molecule has 3 aromatic rings. The van der Waals surface area contributed by atoms with Crippen LogP contribution in [0.15, 0.2) is 60.9 Å². The van der Waals surface area contributed by atoms with Gasteiger partial charge in [-0.3, -0.25) is 9.78 Å². The first kappa shape index (κ1) is 16.4. The summed E-state index contributed by atoms with van der Waals surface area (Å²) in [7, 11) is 0. The van der Waals surface area contributed by atoms with Crippen molar-refractivity contribution in [2.24, 2.45) is 0 Å². The van der Waals surface area contributed by atoms with E-state index in [1.165, 1.54) is 6.92 Å². The van der Waals surface area contributed by atoms with Gasteiger partial charge in [-0.05, 0) is 42.5 Å². The quantitative estimate of drug-likeness (QED) is 0.641. The number of amides is 1. The summed E-state index contributed by atoms with van der Waals surface area (Å²) in [4.78, 5) is 23.9. The minimum absolute atomic E-state index is 0.101. The van der Waals surface area contributed by atoms with E-state index in [4.69, 9.17) is 0 Å². The number of benzene rings is 1. The molecule has 0 radical (unpaired) electrons. The molecule has 0 saturated carbocycles. The number of carbonyl (C=O) groups is 1. The molecule has 7 nitrogen and oxygen atoms in total. The molecule has 0 bridgehead atoms. The van der Waals surface area contributed by atoms with Crippen LogP contribution in [0.4, 0.5) is 23.1 Å². The summed E-state index contributed by atoms with van der Waals surface area (Å²) in [5.74, 6) is 1.09. The normalized spacial score (nSPS) is 10.1. The summed E-state index contributed by atoms with van der Waals surface area (Å²) >= 11 is 0. The molecule has 1 amide bonds. The molecule has 0 saturated heterocycles. The van der Waals surface area contributed by atoms with Gasteiger partial charge < -0.3 is 16.0 Å². The number of nitrogens with zero attached hydrogens (tertiary/aromatic N) is 3. The average Bonchev–Trinajstić information content (AvgIpc) is 2.62. The Balaban J connectivity index is 1.62. The molecular formula is C18H18N6O. The third-order valence-corrected chi connectivity index (χ3v) is 3.29. The van der Waals surface area contributed by atoms with Crippen molar-refractivity contribution in [3.8, 4) is 0 Å². The van der Waals surface area contributed by atoms with Crippen LogP contribution in [0, 0.1) is 0 Å². The van der Waals surface area contributed by atoms with Gasteiger partial charge in [0.25, 0.3) is 0 Å². The largest absolute Gasteiger partial charge is 0.364 e. The number of nitrogens with one attached hydrogen (secondary N) is 3. The minimum Gasteiger partial charge on any atom is -0.364 e. The number of pyridine rings is 1. The zero-order chi connectivity index (χ0) is 17.5. The lowest BCUT2D eigenvalue weighted by Crippen LogP contribution is -2.06. The number of aromatic nitrogens is 3. The maximum Gasteiger partial charge on any atom is 0.229 e. The fraction of sp³-hybridized carbons (Fsp3) is 0.111. The van der Waals surface area contributed by atoms with Gasteiger partial charge >= 0.3 is 0 Å². The first-order chi connectivity index (χ1) is 12.2. The number of hydrogen-bond donors (Lipinski definition) is 3. The first-order valence-electron chi connectivity index (χ1n) is 7.80. The fourth-order valence-electron chi connectivity index (χ4n) is 2.17. The summed E-state index contributed by atoms with van der Waals surface area (Å²) < 4.78 is 0. The second-order valence-corrected chi connectivity index (χ2v) is 5.32. The van der Waals surface area contributed by atoms with Gasteiger partial charge in [-0.25, -0.2) is 4.98 Å². The van der Waals surface area contributed by atoms with Crippen LogP contribution in [-0.2, 0) is 11.3 Å². The molecule has 0 aliphatic rings. The monoisotopic (exact) mass is 334 g/mol. The fourth-order valence-corrected chi connectivity index (χ4v) is 2.17. The van der Waals surface area contributed by atoms with Gasteiger partial charge in [0, 0.05) is 30.7 Å². The van der Waals surface area contributed by atoms with Crippen molar-refractivity contribution < 1.29 is 4.79 Å². The Morgan fingerprint density at radius 2 is 1.76 bits per heavy atom. The van der Waals surface area contributed by atoms with E-state index < -0.39 is 0 Å². The molecule has 0 unspecified atom stereocenters. The Hall–Kier alpha value is -3.48. The Bertz CT molecular complexity index is 836. The average molecular weight is 334 g/mol. The summed E-state index contributed by atoms with van der Waals surface area (Å²) in [5.41, 5.74) is 2.50. The van der Waals surface area contributed by atoms with Gasteiger partial charge in [-0.2, -0.15) is 4.98 Å². The standard InChI is InChI=1S/C18H18N6O/c1-13(25)22-14-5-7-15(8-6-14)23-18-20-11-9-17(24-18)21-12-16-4-2-3-10-19-16/h2-11H,12H2,1H3,(H,22,25)(H2,20,21,23,24). The molecule has 2 aromatic heterocycles. The molecule has 0 fully saturated rings. The number of carbonyl (C=O) groups excluding carboxylic acids is 1. The van der Waals surface area contributed by atoms with E-state index in [-0.39, 0.29) is 5.91 Å². The van der Waals surface area contributed by atoms with Crippen LogP contribution in [-0.4, -0.2) is 20.9 Å². The van der Waals surface area contributed by atoms with E-state index >= 15 is 0 Å². The van der Waals surface area contributed by atoms with Gasteiger partial charge in [-0.1, -0.05) is 6.07 Å². The summed E-state index contributed by atoms with van der Waals surface area (Å²) in [6, 6.07) is 14.9. The van der Waals surface area contributed by atoms with Gasteiger partial charge in [0.2, 0.25) is 11.9 Å². The Morgan fingerprint density at radius 1 is 0.960 bits per heavy atom. The molecule has 2 heterocycles. The summed E-state index contributed by atoms with van der Waals surface area (Å²) in [6.45, 7) is 2.06. The zero-order valence-corrected chi connectivity index (χ0v) is 13.7. The molecule has 3 N–H and O–H groups in total. The highest BCUT2D eigenvalue weighted by atomic mass is 16.1. The molecule has 0 spiro atoms. The minimum atomic E-state index is -0.101. The topological polar surface area (TPSA) is 91.8 Å². The molecule has 126 valence electrons. The van der Waals surface area contributed by atoms with Gasteiger partial charge in [-0.15, -0.1) is 0 Å². The van der Waals surface area contributed by atoms with Gasteiger partial charge in [0.1, 0.15) is 5.82 Å². The van der Waals surface area contributed by atoms with E-state index in [1.54, 1.807) is 18.5 Å². The molecule has 25 heavy (non-hydrogen) atoms. The van der Waals surface area contributed by atoms with Crippen LogP contribution in [0.1, 0.15) is 12.6 Å². The highest BCUT2D eigenvalue weighted by Gasteiger charge is 2.02. The third kappa shape index (κ3) is 5.00. The molecular weight excluding hydrogens is 316 g/mol. The second-order valence-electron chi connectivity index (χ2n) is 5.32. The lowest BCUT2D eigenvalue weighted by atomic mass is 10.3. The Labute approximate surface area is 145 Å². The maximum absolute atomic E-state index is 11.0. The highest BCUT2D eigenvalue weighted by Crippen LogP contribution is 2.17. The van der Waals surface area contributed by atoms with Crippen molar-refractivity contribution in [3.63, 3.8) is 0 Å². The Kier molecular flexibility index (Phi) is 5.16. The van der Waals surface area contributed by atoms with E-state index in [1.807, 2.05) is 42.5 Å². The predicted octanol–water partition coefficient (Wildman–Crippen LogP) is 3.19. The molecule has 0 atom stereocenters.